The number of piperidine rings is 1. The Morgan fingerprint density at radius 1 is 1.35 bits per heavy atom. The average Bonchev–Trinajstić information content (AvgIpc) is 2.95. The molecule has 1 aliphatic heterocycles. The zero-order valence-electron chi connectivity index (χ0n) is 11.8. The highest BCUT2D eigenvalue weighted by Crippen LogP contribution is 2.39. The molecule has 1 aromatic heterocycles. The van der Waals surface area contributed by atoms with Gasteiger partial charge in [0.2, 0.25) is 0 Å². The number of carbonyl (C=O) groups excluding carboxylic acids is 1. The molecule has 1 saturated heterocycles. The fraction of sp³-hybridized carbons (Fsp3) is 0.600. The van der Waals surface area contributed by atoms with Gasteiger partial charge in [0.1, 0.15) is 0 Å². The molecule has 2 atom stereocenters. The molecule has 0 spiro atoms. The van der Waals surface area contributed by atoms with E-state index in [0.29, 0.717) is 17.4 Å². The molecule has 20 heavy (non-hydrogen) atoms. The second-order valence-corrected chi connectivity index (χ2v) is 5.69. The molecule has 1 saturated carbocycles. The van der Waals surface area contributed by atoms with E-state index in [1.54, 1.807) is 12.1 Å². The maximum Gasteiger partial charge on any atom is 0.356 e. The van der Waals surface area contributed by atoms with Crippen LogP contribution in [0.15, 0.2) is 12.1 Å². The third-order valence-electron chi connectivity index (χ3n) is 4.57. The third kappa shape index (κ3) is 2.21. The normalized spacial score (nSPS) is 25.4. The second-order valence-electron chi connectivity index (χ2n) is 5.69. The summed E-state index contributed by atoms with van der Waals surface area (Å²) in [6, 6.07) is 3.92. The molecule has 0 radical (unpaired) electrons. The average molecular weight is 275 g/mol. The van der Waals surface area contributed by atoms with Gasteiger partial charge in [0, 0.05) is 12.6 Å². The summed E-state index contributed by atoms with van der Waals surface area (Å²) in [5, 5.41) is 0. The summed E-state index contributed by atoms with van der Waals surface area (Å²) < 4.78 is 4.74. The minimum atomic E-state index is -0.411. The molecule has 0 amide bonds. The third-order valence-corrected chi connectivity index (χ3v) is 4.57. The predicted octanol–water partition coefficient (Wildman–Crippen LogP) is 2.22. The molecule has 2 heterocycles. The fourth-order valence-corrected chi connectivity index (χ4v) is 3.62. The Hall–Kier alpha value is -1.78. The van der Waals surface area contributed by atoms with Gasteiger partial charge in [0.15, 0.2) is 11.5 Å². The Bertz CT molecular complexity index is 518. The Labute approximate surface area is 119 Å². The van der Waals surface area contributed by atoms with Crippen LogP contribution in [0.2, 0.25) is 0 Å². The van der Waals surface area contributed by atoms with Crippen LogP contribution in [0.25, 0.3) is 0 Å². The summed E-state index contributed by atoms with van der Waals surface area (Å²) in [5.41, 5.74) is 7.06. The van der Waals surface area contributed by atoms with Crippen LogP contribution in [-0.4, -0.2) is 30.6 Å². The van der Waals surface area contributed by atoms with Crippen LogP contribution in [0, 0.1) is 5.92 Å². The lowest BCUT2D eigenvalue weighted by atomic mass is 9.92. The SMILES string of the molecule is COC(=O)c1ccc(N)c(N2CCCC3CCCC32)n1. The number of anilines is 2. The van der Waals surface area contributed by atoms with Gasteiger partial charge in [-0.2, -0.15) is 0 Å². The number of pyridine rings is 1. The van der Waals surface area contributed by atoms with Gasteiger partial charge < -0.3 is 15.4 Å². The van der Waals surface area contributed by atoms with Crippen LogP contribution < -0.4 is 10.6 Å². The van der Waals surface area contributed by atoms with Crippen LogP contribution in [0.4, 0.5) is 11.5 Å². The van der Waals surface area contributed by atoms with Gasteiger partial charge in [-0.25, -0.2) is 9.78 Å². The van der Waals surface area contributed by atoms with Gasteiger partial charge >= 0.3 is 5.97 Å². The molecule has 2 unspecified atom stereocenters. The maximum atomic E-state index is 11.6. The number of nitrogen functional groups attached to an aromatic ring is 1. The first kappa shape index (κ1) is 13.2. The van der Waals surface area contributed by atoms with E-state index in [1.807, 2.05) is 0 Å². The zero-order chi connectivity index (χ0) is 14.1. The van der Waals surface area contributed by atoms with Gasteiger partial charge in [-0.1, -0.05) is 6.42 Å². The molecule has 5 nitrogen and oxygen atoms in total. The van der Waals surface area contributed by atoms with Crippen molar-refractivity contribution in [3.8, 4) is 0 Å². The van der Waals surface area contributed by atoms with Crippen molar-refractivity contribution in [2.75, 3.05) is 24.3 Å². The van der Waals surface area contributed by atoms with Crippen LogP contribution >= 0.6 is 0 Å². The summed E-state index contributed by atoms with van der Waals surface area (Å²) in [6.45, 7) is 0.975. The Morgan fingerprint density at radius 3 is 2.95 bits per heavy atom. The number of rotatable bonds is 2. The van der Waals surface area contributed by atoms with Crippen LogP contribution in [0.3, 0.4) is 0 Å². The maximum absolute atomic E-state index is 11.6. The van der Waals surface area contributed by atoms with E-state index >= 15 is 0 Å². The number of esters is 1. The van der Waals surface area contributed by atoms with Gasteiger partial charge in [0.05, 0.1) is 12.8 Å². The number of carbonyl (C=O) groups is 1. The predicted molar refractivity (Wildman–Crippen MR) is 77.7 cm³/mol. The van der Waals surface area contributed by atoms with E-state index in [2.05, 4.69) is 9.88 Å². The first-order valence-corrected chi connectivity index (χ1v) is 7.32. The Morgan fingerprint density at radius 2 is 2.15 bits per heavy atom. The van der Waals surface area contributed by atoms with E-state index in [-0.39, 0.29) is 0 Å². The molecular formula is C15H21N3O2. The molecule has 0 aromatic carbocycles. The van der Waals surface area contributed by atoms with Crippen LogP contribution in [0.1, 0.15) is 42.6 Å². The molecule has 2 aliphatic rings. The number of ether oxygens (including phenoxy) is 1. The molecule has 108 valence electrons. The van der Waals surface area contributed by atoms with Gasteiger partial charge in [-0.15, -0.1) is 0 Å². The zero-order valence-corrected chi connectivity index (χ0v) is 11.8. The summed E-state index contributed by atoms with van der Waals surface area (Å²) in [5.74, 6) is 1.10. The van der Waals surface area contributed by atoms with E-state index < -0.39 is 5.97 Å². The van der Waals surface area contributed by atoms with E-state index in [1.165, 1.54) is 39.2 Å². The number of nitrogens with two attached hydrogens (primary N) is 1. The van der Waals surface area contributed by atoms with Gasteiger partial charge in [0.25, 0.3) is 0 Å². The van der Waals surface area contributed by atoms with Crippen molar-refractivity contribution in [2.24, 2.45) is 5.92 Å². The highest BCUT2D eigenvalue weighted by molar-refractivity contribution is 5.88. The lowest BCUT2D eigenvalue weighted by Crippen LogP contribution is -2.43. The minimum absolute atomic E-state index is 0.330. The van der Waals surface area contributed by atoms with E-state index in [9.17, 15) is 4.79 Å². The molecule has 3 rings (SSSR count). The fourth-order valence-electron chi connectivity index (χ4n) is 3.62. The number of fused-ring (bicyclic) bond motifs is 1. The van der Waals surface area contributed by atoms with Crippen molar-refractivity contribution in [2.45, 2.75) is 38.1 Å². The molecule has 2 N–H and O–H groups in total. The molecule has 1 aromatic rings. The van der Waals surface area contributed by atoms with E-state index in [0.717, 1.165) is 18.3 Å². The van der Waals surface area contributed by atoms with Crippen molar-refractivity contribution in [1.29, 1.82) is 0 Å². The molecular weight excluding hydrogens is 254 g/mol. The van der Waals surface area contributed by atoms with Gasteiger partial charge in [-0.3, -0.25) is 0 Å². The standard InChI is InChI=1S/C15H21N3O2/c1-20-15(19)12-8-7-11(16)14(17-12)18-9-3-5-10-4-2-6-13(10)18/h7-8,10,13H,2-6,9,16H2,1H3. The van der Waals surface area contributed by atoms with Crippen LogP contribution in [-0.2, 0) is 4.74 Å². The van der Waals surface area contributed by atoms with Crippen LogP contribution in [0.5, 0.6) is 0 Å². The molecule has 5 heteroatoms. The summed E-state index contributed by atoms with van der Waals surface area (Å²) in [7, 11) is 1.37. The van der Waals surface area contributed by atoms with Gasteiger partial charge in [-0.05, 0) is 43.7 Å². The van der Waals surface area contributed by atoms with E-state index in [4.69, 9.17) is 10.5 Å². The number of hydrogen-bond acceptors (Lipinski definition) is 5. The lowest BCUT2D eigenvalue weighted by Gasteiger charge is -2.39. The number of nitrogens with zero attached hydrogens (tertiary/aromatic N) is 2. The summed E-state index contributed by atoms with van der Waals surface area (Å²) >= 11 is 0. The second kappa shape index (κ2) is 5.31. The smallest absolute Gasteiger partial charge is 0.356 e. The Kier molecular flexibility index (Phi) is 3.51. The quantitative estimate of drug-likeness (QED) is 0.838. The number of aromatic nitrogens is 1. The first-order valence-electron chi connectivity index (χ1n) is 7.32. The summed E-state index contributed by atoms with van der Waals surface area (Å²) in [6.07, 6.45) is 6.26. The number of hydrogen-bond donors (Lipinski definition) is 1. The topological polar surface area (TPSA) is 68.5 Å². The molecule has 2 fully saturated rings. The minimum Gasteiger partial charge on any atom is -0.464 e. The Balaban J connectivity index is 1.93. The monoisotopic (exact) mass is 275 g/mol. The summed E-state index contributed by atoms with van der Waals surface area (Å²) in [4.78, 5) is 18.4. The first-order chi connectivity index (χ1) is 9.70. The van der Waals surface area contributed by atoms with Crippen molar-refractivity contribution in [1.82, 2.24) is 4.98 Å². The largest absolute Gasteiger partial charge is 0.464 e. The molecule has 0 bridgehead atoms. The molecule has 1 aliphatic carbocycles. The highest BCUT2D eigenvalue weighted by Gasteiger charge is 2.36. The number of methoxy groups -OCH3 is 1. The lowest BCUT2D eigenvalue weighted by molar-refractivity contribution is 0.0594. The van der Waals surface area contributed by atoms with Crippen molar-refractivity contribution >= 4 is 17.5 Å². The van der Waals surface area contributed by atoms with Crippen molar-refractivity contribution in [3.05, 3.63) is 17.8 Å². The van der Waals surface area contributed by atoms with Crippen molar-refractivity contribution in [3.63, 3.8) is 0 Å². The highest BCUT2D eigenvalue weighted by atomic mass is 16.5. The van der Waals surface area contributed by atoms with Crippen molar-refractivity contribution < 1.29 is 9.53 Å².